The fourth-order valence-electron chi connectivity index (χ4n) is 2.45. The van der Waals surface area contributed by atoms with Gasteiger partial charge < -0.3 is 0 Å². The number of hydrogen-bond donors (Lipinski definition) is 1. The predicted octanol–water partition coefficient (Wildman–Crippen LogP) is 3.59. The molecule has 0 spiro atoms. The second-order valence-electron chi connectivity index (χ2n) is 5.05. The van der Waals surface area contributed by atoms with Crippen LogP contribution < -0.4 is 5.56 Å². The number of halogens is 1. The van der Waals surface area contributed by atoms with Crippen LogP contribution in [0.3, 0.4) is 0 Å². The van der Waals surface area contributed by atoms with Crippen LogP contribution in [0.15, 0.2) is 53.3 Å². The Kier molecular flexibility index (Phi) is 3.22. The van der Waals surface area contributed by atoms with Crippen LogP contribution in [0.5, 0.6) is 0 Å². The smallest absolute Gasteiger partial charge is 0.274 e. The third-order valence-electron chi connectivity index (χ3n) is 3.58. The summed E-state index contributed by atoms with van der Waals surface area (Å²) in [6.07, 6.45) is 0. The van der Waals surface area contributed by atoms with E-state index in [1.807, 2.05) is 30.3 Å². The van der Waals surface area contributed by atoms with Crippen LogP contribution in [0.1, 0.15) is 11.1 Å². The molecule has 3 nitrogen and oxygen atoms in total. The minimum Gasteiger partial charge on any atom is -0.290 e. The molecule has 0 atom stereocenters. The molecule has 3 rings (SSSR count). The first-order chi connectivity index (χ1) is 10.1. The van der Waals surface area contributed by atoms with Crippen molar-refractivity contribution in [2.45, 2.75) is 13.8 Å². The summed E-state index contributed by atoms with van der Waals surface area (Å²) in [7, 11) is 0. The summed E-state index contributed by atoms with van der Waals surface area (Å²) < 4.78 is 14.7. The fraction of sp³-hybridized carbons (Fsp3) is 0.118. The lowest BCUT2D eigenvalue weighted by atomic mass is 10.1. The Balaban J connectivity index is 2.20. The maximum absolute atomic E-state index is 13.2. The van der Waals surface area contributed by atoms with E-state index in [4.69, 9.17) is 0 Å². The highest BCUT2D eigenvalue weighted by molar-refractivity contribution is 5.62. The second-order valence-corrected chi connectivity index (χ2v) is 5.05. The van der Waals surface area contributed by atoms with Gasteiger partial charge in [-0.25, -0.2) is 9.07 Å². The minimum absolute atomic E-state index is 0.122. The van der Waals surface area contributed by atoms with Gasteiger partial charge in [-0.2, -0.15) is 0 Å². The quantitative estimate of drug-likeness (QED) is 0.766. The molecule has 0 bridgehead atoms. The van der Waals surface area contributed by atoms with Gasteiger partial charge in [-0.1, -0.05) is 30.3 Å². The monoisotopic (exact) mass is 282 g/mol. The number of hydrogen-bond acceptors (Lipinski definition) is 1. The van der Waals surface area contributed by atoms with E-state index < -0.39 is 0 Å². The van der Waals surface area contributed by atoms with E-state index in [0.717, 1.165) is 11.3 Å². The van der Waals surface area contributed by atoms with E-state index in [-0.39, 0.29) is 11.4 Å². The minimum atomic E-state index is -0.309. The van der Waals surface area contributed by atoms with Gasteiger partial charge in [-0.15, -0.1) is 0 Å². The number of aromatic nitrogens is 2. The topological polar surface area (TPSA) is 37.8 Å². The highest BCUT2D eigenvalue weighted by Crippen LogP contribution is 2.21. The summed E-state index contributed by atoms with van der Waals surface area (Å²) in [4.78, 5) is 12.4. The first kappa shape index (κ1) is 13.4. The lowest BCUT2D eigenvalue weighted by Crippen LogP contribution is -2.16. The molecule has 0 aliphatic heterocycles. The first-order valence-electron chi connectivity index (χ1n) is 6.71. The third kappa shape index (κ3) is 2.29. The number of aromatic amines is 1. The van der Waals surface area contributed by atoms with Crippen molar-refractivity contribution in [3.05, 3.63) is 75.8 Å². The maximum Gasteiger partial charge on any atom is 0.274 e. The Morgan fingerprint density at radius 3 is 2.43 bits per heavy atom. The van der Waals surface area contributed by atoms with E-state index in [2.05, 4.69) is 5.10 Å². The normalized spacial score (nSPS) is 10.8. The van der Waals surface area contributed by atoms with E-state index in [0.29, 0.717) is 16.8 Å². The summed E-state index contributed by atoms with van der Waals surface area (Å²) >= 11 is 0. The molecule has 0 amide bonds. The average Bonchev–Trinajstić information content (AvgIpc) is 2.77. The van der Waals surface area contributed by atoms with Crippen LogP contribution in [-0.4, -0.2) is 9.78 Å². The second kappa shape index (κ2) is 5.05. The highest BCUT2D eigenvalue weighted by Gasteiger charge is 2.14. The van der Waals surface area contributed by atoms with E-state index in [1.165, 1.54) is 16.8 Å². The van der Waals surface area contributed by atoms with Crippen molar-refractivity contribution in [3.8, 4) is 16.9 Å². The van der Waals surface area contributed by atoms with Crippen molar-refractivity contribution in [1.82, 2.24) is 9.78 Å². The van der Waals surface area contributed by atoms with Gasteiger partial charge in [-0.05, 0) is 43.2 Å². The summed E-state index contributed by atoms with van der Waals surface area (Å²) in [5.41, 5.74) is 3.62. The molecule has 3 aromatic rings. The van der Waals surface area contributed by atoms with Gasteiger partial charge in [0.05, 0.1) is 11.4 Å². The Morgan fingerprint density at radius 2 is 1.76 bits per heavy atom. The fourth-order valence-corrected chi connectivity index (χ4v) is 2.45. The highest BCUT2D eigenvalue weighted by atomic mass is 19.1. The van der Waals surface area contributed by atoms with Crippen molar-refractivity contribution in [1.29, 1.82) is 0 Å². The van der Waals surface area contributed by atoms with Crippen LogP contribution in [0.25, 0.3) is 16.9 Å². The van der Waals surface area contributed by atoms with Crippen LogP contribution in [0.2, 0.25) is 0 Å². The molecule has 0 unspecified atom stereocenters. The number of rotatable bonds is 2. The van der Waals surface area contributed by atoms with Crippen molar-refractivity contribution >= 4 is 0 Å². The molecule has 0 radical (unpaired) electrons. The van der Waals surface area contributed by atoms with Gasteiger partial charge in [0.2, 0.25) is 0 Å². The third-order valence-corrected chi connectivity index (χ3v) is 3.58. The van der Waals surface area contributed by atoms with Crippen LogP contribution in [0.4, 0.5) is 4.39 Å². The Labute approximate surface area is 121 Å². The molecule has 106 valence electrons. The molecule has 1 heterocycles. The van der Waals surface area contributed by atoms with Crippen LogP contribution in [0, 0.1) is 19.7 Å². The van der Waals surface area contributed by atoms with Crippen LogP contribution >= 0.6 is 0 Å². The predicted molar refractivity (Wildman–Crippen MR) is 81.3 cm³/mol. The SMILES string of the molecule is Cc1cc(F)ccc1-n1[nH]c(-c2ccccc2)c(C)c1=O. The molecule has 21 heavy (non-hydrogen) atoms. The van der Waals surface area contributed by atoms with Gasteiger partial charge in [-0.3, -0.25) is 9.89 Å². The zero-order chi connectivity index (χ0) is 15.0. The average molecular weight is 282 g/mol. The van der Waals surface area contributed by atoms with Gasteiger partial charge in [0, 0.05) is 5.56 Å². The lowest BCUT2D eigenvalue weighted by Gasteiger charge is -2.06. The zero-order valence-corrected chi connectivity index (χ0v) is 11.9. The first-order valence-corrected chi connectivity index (χ1v) is 6.71. The molecule has 1 aromatic heterocycles. The Bertz CT molecular complexity index is 847. The molecule has 0 aliphatic rings. The molecule has 0 saturated heterocycles. The van der Waals surface area contributed by atoms with E-state index in [9.17, 15) is 9.18 Å². The Morgan fingerprint density at radius 1 is 1.05 bits per heavy atom. The van der Waals surface area contributed by atoms with Crippen molar-refractivity contribution in [3.63, 3.8) is 0 Å². The van der Waals surface area contributed by atoms with Gasteiger partial charge >= 0.3 is 0 Å². The summed E-state index contributed by atoms with van der Waals surface area (Å²) in [5.74, 6) is -0.309. The molecule has 0 aliphatic carbocycles. The summed E-state index contributed by atoms with van der Waals surface area (Å²) in [6, 6.07) is 14.0. The molecule has 1 N–H and O–H groups in total. The van der Waals surface area contributed by atoms with Crippen LogP contribution in [-0.2, 0) is 0 Å². The number of nitrogens with one attached hydrogen (secondary N) is 1. The van der Waals surface area contributed by atoms with Crippen molar-refractivity contribution in [2.75, 3.05) is 0 Å². The largest absolute Gasteiger partial charge is 0.290 e. The maximum atomic E-state index is 13.2. The van der Waals surface area contributed by atoms with Gasteiger partial charge in [0.25, 0.3) is 5.56 Å². The molecule has 2 aromatic carbocycles. The Hall–Kier alpha value is -2.62. The van der Waals surface area contributed by atoms with Gasteiger partial charge in [0.1, 0.15) is 5.82 Å². The van der Waals surface area contributed by atoms with E-state index >= 15 is 0 Å². The summed E-state index contributed by atoms with van der Waals surface area (Å²) in [6.45, 7) is 3.57. The number of nitrogens with zero attached hydrogens (tertiary/aromatic N) is 1. The van der Waals surface area contributed by atoms with Crippen molar-refractivity contribution in [2.24, 2.45) is 0 Å². The zero-order valence-electron chi connectivity index (χ0n) is 11.9. The molecule has 4 heteroatoms. The van der Waals surface area contributed by atoms with Crippen molar-refractivity contribution < 1.29 is 4.39 Å². The number of aryl methyl sites for hydroxylation is 1. The van der Waals surface area contributed by atoms with E-state index in [1.54, 1.807) is 19.9 Å². The number of H-pyrrole nitrogens is 1. The summed E-state index contributed by atoms with van der Waals surface area (Å²) in [5, 5.41) is 3.12. The number of benzene rings is 2. The molecular weight excluding hydrogens is 267 g/mol. The molecule has 0 saturated carbocycles. The molecular formula is C17H15FN2O. The standard InChI is InChI=1S/C17H15FN2O/c1-11-10-14(18)8-9-15(11)20-17(21)12(2)16(19-20)13-6-4-3-5-7-13/h3-10,19H,1-2H3. The van der Waals surface area contributed by atoms with Gasteiger partial charge in [0.15, 0.2) is 0 Å². The molecule has 0 fully saturated rings. The lowest BCUT2D eigenvalue weighted by molar-refractivity contribution is 0.625.